The van der Waals surface area contributed by atoms with E-state index in [0.717, 1.165) is 6.08 Å². The molecule has 0 radical (unpaired) electrons. The van der Waals surface area contributed by atoms with Crippen LogP contribution in [0.4, 0.5) is 0 Å². The fourth-order valence-electron chi connectivity index (χ4n) is 1.51. The molecule has 0 aromatic heterocycles. The standard InChI is InChI=1S/C13H17NO4S/c1-4-14(3)19(17,18)12-7-5-11(10(2)9-12)6-8-13(15)16/h5-9H,4H2,1-3H3,(H,15,16)/b8-6+. The summed E-state index contributed by atoms with van der Waals surface area (Å²) in [5.74, 6) is -1.04. The molecule has 0 aliphatic carbocycles. The number of carboxylic acids is 1. The van der Waals surface area contributed by atoms with E-state index in [4.69, 9.17) is 5.11 Å². The lowest BCUT2D eigenvalue weighted by molar-refractivity contribution is -0.131. The van der Waals surface area contributed by atoms with Gasteiger partial charge in [-0.3, -0.25) is 0 Å². The minimum absolute atomic E-state index is 0.210. The summed E-state index contributed by atoms with van der Waals surface area (Å²) in [5.41, 5.74) is 1.39. The maximum Gasteiger partial charge on any atom is 0.328 e. The zero-order valence-corrected chi connectivity index (χ0v) is 11.9. The minimum atomic E-state index is -3.47. The molecule has 1 N–H and O–H groups in total. The van der Waals surface area contributed by atoms with Crippen LogP contribution in [0.3, 0.4) is 0 Å². The summed E-state index contributed by atoms with van der Waals surface area (Å²) in [4.78, 5) is 10.7. The second-order valence-corrected chi connectivity index (χ2v) is 6.15. The zero-order valence-electron chi connectivity index (χ0n) is 11.1. The van der Waals surface area contributed by atoms with Gasteiger partial charge < -0.3 is 5.11 Å². The number of sulfonamides is 1. The van der Waals surface area contributed by atoms with Crippen LogP contribution in [0.5, 0.6) is 0 Å². The van der Waals surface area contributed by atoms with Crippen LogP contribution < -0.4 is 0 Å². The van der Waals surface area contributed by atoms with E-state index in [1.165, 1.54) is 23.5 Å². The molecule has 1 rings (SSSR count). The van der Waals surface area contributed by atoms with Crippen LogP contribution in [-0.4, -0.2) is 37.4 Å². The average molecular weight is 283 g/mol. The first-order chi connectivity index (χ1) is 8.78. The molecule has 19 heavy (non-hydrogen) atoms. The number of carbonyl (C=O) groups is 1. The molecule has 1 aromatic rings. The molecule has 0 heterocycles. The van der Waals surface area contributed by atoms with Crippen molar-refractivity contribution < 1.29 is 18.3 Å². The van der Waals surface area contributed by atoms with Crippen molar-refractivity contribution in [2.24, 2.45) is 0 Å². The Bertz CT molecular complexity index is 605. The number of aryl methyl sites for hydroxylation is 1. The monoisotopic (exact) mass is 283 g/mol. The molecule has 0 fully saturated rings. The summed E-state index contributed by atoms with van der Waals surface area (Å²) in [6.45, 7) is 3.89. The van der Waals surface area contributed by atoms with Gasteiger partial charge >= 0.3 is 5.97 Å². The van der Waals surface area contributed by atoms with Gasteiger partial charge in [0.05, 0.1) is 4.90 Å². The fraction of sp³-hybridized carbons (Fsp3) is 0.308. The van der Waals surface area contributed by atoms with Crippen LogP contribution in [-0.2, 0) is 14.8 Å². The quantitative estimate of drug-likeness (QED) is 0.835. The lowest BCUT2D eigenvalue weighted by atomic mass is 10.1. The normalized spacial score (nSPS) is 12.2. The first kappa shape index (κ1) is 15.4. The summed E-state index contributed by atoms with van der Waals surface area (Å²) in [6.07, 6.45) is 2.46. The Balaban J connectivity index is 3.17. The maximum absolute atomic E-state index is 12.1. The topological polar surface area (TPSA) is 74.7 Å². The Morgan fingerprint density at radius 2 is 2.05 bits per heavy atom. The molecule has 0 atom stereocenters. The molecule has 6 heteroatoms. The number of aliphatic carboxylic acids is 1. The van der Waals surface area contributed by atoms with Crippen molar-refractivity contribution in [1.29, 1.82) is 0 Å². The van der Waals surface area contributed by atoms with Gasteiger partial charge in [-0.05, 0) is 36.3 Å². The molecular weight excluding hydrogens is 266 g/mol. The number of carboxylic acid groups (broad SMARTS) is 1. The van der Waals surface area contributed by atoms with Crippen LogP contribution in [0.1, 0.15) is 18.1 Å². The van der Waals surface area contributed by atoms with Gasteiger partial charge in [0.1, 0.15) is 0 Å². The van der Waals surface area contributed by atoms with Crippen molar-refractivity contribution in [3.63, 3.8) is 0 Å². The Morgan fingerprint density at radius 3 is 2.53 bits per heavy atom. The highest BCUT2D eigenvalue weighted by Crippen LogP contribution is 2.19. The lowest BCUT2D eigenvalue weighted by Gasteiger charge is -2.15. The molecule has 0 bridgehead atoms. The number of hydrogen-bond donors (Lipinski definition) is 1. The van der Waals surface area contributed by atoms with Gasteiger partial charge in [0.15, 0.2) is 0 Å². The predicted octanol–water partition coefficient (Wildman–Crippen LogP) is 1.73. The molecule has 0 amide bonds. The van der Waals surface area contributed by atoms with E-state index in [9.17, 15) is 13.2 Å². The molecule has 0 aliphatic rings. The van der Waals surface area contributed by atoms with Crippen molar-refractivity contribution in [3.05, 3.63) is 35.4 Å². The molecule has 0 spiro atoms. The summed E-state index contributed by atoms with van der Waals surface area (Å²) >= 11 is 0. The molecule has 5 nitrogen and oxygen atoms in total. The van der Waals surface area contributed by atoms with Crippen molar-refractivity contribution in [3.8, 4) is 0 Å². The van der Waals surface area contributed by atoms with Crippen LogP contribution in [0, 0.1) is 6.92 Å². The van der Waals surface area contributed by atoms with Crippen LogP contribution in [0.25, 0.3) is 6.08 Å². The summed E-state index contributed by atoms with van der Waals surface area (Å²) in [7, 11) is -1.95. The van der Waals surface area contributed by atoms with Gasteiger partial charge in [-0.25, -0.2) is 17.5 Å². The third kappa shape index (κ3) is 3.65. The lowest BCUT2D eigenvalue weighted by Crippen LogP contribution is -2.26. The maximum atomic E-state index is 12.1. The Kier molecular flexibility index (Phi) is 4.85. The van der Waals surface area contributed by atoms with Gasteiger partial charge in [0.25, 0.3) is 0 Å². The SMILES string of the molecule is CCN(C)S(=O)(=O)c1ccc(/C=C/C(=O)O)c(C)c1. The number of hydrogen-bond acceptors (Lipinski definition) is 3. The Labute approximate surface area is 113 Å². The summed E-state index contributed by atoms with van der Waals surface area (Å²) < 4.78 is 25.5. The Morgan fingerprint density at radius 1 is 1.42 bits per heavy atom. The molecule has 104 valence electrons. The van der Waals surface area contributed by atoms with Crippen molar-refractivity contribution >= 4 is 22.1 Å². The van der Waals surface area contributed by atoms with Crippen molar-refractivity contribution in [1.82, 2.24) is 4.31 Å². The molecular formula is C13H17NO4S. The number of rotatable bonds is 5. The Hall–Kier alpha value is -1.66. The number of benzene rings is 1. The number of nitrogens with zero attached hydrogens (tertiary/aromatic N) is 1. The first-order valence-corrected chi connectivity index (χ1v) is 7.21. The van der Waals surface area contributed by atoms with Crippen molar-refractivity contribution in [2.75, 3.05) is 13.6 Å². The van der Waals surface area contributed by atoms with Crippen LogP contribution in [0.2, 0.25) is 0 Å². The van der Waals surface area contributed by atoms with Crippen molar-refractivity contribution in [2.45, 2.75) is 18.7 Å². The van der Waals surface area contributed by atoms with E-state index >= 15 is 0 Å². The second kappa shape index (κ2) is 5.99. The molecule has 0 aliphatic heterocycles. The van der Waals surface area contributed by atoms with Gasteiger partial charge in [-0.15, -0.1) is 0 Å². The highest BCUT2D eigenvalue weighted by Gasteiger charge is 2.19. The van der Waals surface area contributed by atoms with Crippen LogP contribution in [0.15, 0.2) is 29.2 Å². The van der Waals surface area contributed by atoms with E-state index in [1.54, 1.807) is 26.0 Å². The van der Waals surface area contributed by atoms with E-state index < -0.39 is 16.0 Å². The molecule has 0 saturated carbocycles. The van der Waals surface area contributed by atoms with Gasteiger partial charge in [-0.2, -0.15) is 0 Å². The molecule has 0 saturated heterocycles. The summed E-state index contributed by atoms with van der Waals surface area (Å²) in [6, 6.07) is 4.63. The smallest absolute Gasteiger partial charge is 0.328 e. The van der Waals surface area contributed by atoms with Gasteiger partial charge in [-0.1, -0.05) is 13.0 Å². The van der Waals surface area contributed by atoms with E-state index in [-0.39, 0.29) is 4.90 Å². The largest absolute Gasteiger partial charge is 0.478 e. The van der Waals surface area contributed by atoms with E-state index in [2.05, 4.69) is 0 Å². The first-order valence-electron chi connectivity index (χ1n) is 5.77. The van der Waals surface area contributed by atoms with Gasteiger partial charge in [0, 0.05) is 19.7 Å². The third-order valence-electron chi connectivity index (χ3n) is 2.80. The van der Waals surface area contributed by atoms with Gasteiger partial charge in [0.2, 0.25) is 10.0 Å². The predicted molar refractivity (Wildman–Crippen MR) is 73.3 cm³/mol. The highest BCUT2D eigenvalue weighted by molar-refractivity contribution is 7.89. The third-order valence-corrected chi connectivity index (χ3v) is 4.73. The summed E-state index contributed by atoms with van der Waals surface area (Å²) in [5, 5.41) is 8.56. The molecule has 0 unspecified atom stereocenters. The average Bonchev–Trinajstić information content (AvgIpc) is 2.35. The highest BCUT2D eigenvalue weighted by atomic mass is 32.2. The zero-order chi connectivity index (χ0) is 14.6. The minimum Gasteiger partial charge on any atom is -0.478 e. The van der Waals surface area contributed by atoms with E-state index in [1.807, 2.05) is 0 Å². The van der Waals surface area contributed by atoms with Crippen LogP contribution >= 0.6 is 0 Å². The molecule has 1 aromatic carbocycles. The fourth-order valence-corrected chi connectivity index (χ4v) is 2.77. The second-order valence-electron chi connectivity index (χ2n) is 4.11. The van der Waals surface area contributed by atoms with E-state index in [0.29, 0.717) is 17.7 Å².